The SMILES string of the molecule is CC(=O)Nc1ccc(-c2csc(NC(=O)c3sc4cccc(C)c4c3Cl)n2)cc1. The normalized spacial score (nSPS) is 10.9. The molecule has 4 aromatic rings. The Morgan fingerprint density at radius 2 is 1.83 bits per heavy atom. The number of carbonyl (C=O) groups excluding carboxylic acids is 2. The summed E-state index contributed by atoms with van der Waals surface area (Å²) < 4.78 is 0.985. The minimum absolute atomic E-state index is 0.119. The topological polar surface area (TPSA) is 71.1 Å². The van der Waals surface area contributed by atoms with Crippen LogP contribution in [0.3, 0.4) is 0 Å². The van der Waals surface area contributed by atoms with Gasteiger partial charge in [-0.15, -0.1) is 22.7 Å². The van der Waals surface area contributed by atoms with Crippen LogP contribution in [0.4, 0.5) is 10.8 Å². The summed E-state index contributed by atoms with van der Waals surface area (Å²) in [7, 11) is 0. The van der Waals surface area contributed by atoms with Crippen LogP contribution in [0.15, 0.2) is 47.8 Å². The number of hydrogen-bond acceptors (Lipinski definition) is 5. The molecule has 0 bridgehead atoms. The second-order valence-electron chi connectivity index (χ2n) is 6.44. The highest BCUT2D eigenvalue weighted by Gasteiger charge is 2.19. The lowest BCUT2D eigenvalue weighted by atomic mass is 10.1. The fourth-order valence-corrected chi connectivity index (χ4v) is 5.26. The molecule has 0 spiro atoms. The number of fused-ring (bicyclic) bond motifs is 1. The summed E-state index contributed by atoms with van der Waals surface area (Å²) >= 11 is 9.20. The molecule has 0 atom stereocenters. The van der Waals surface area contributed by atoms with Crippen LogP contribution >= 0.6 is 34.3 Å². The molecule has 0 unspecified atom stereocenters. The van der Waals surface area contributed by atoms with Gasteiger partial charge in [-0.3, -0.25) is 14.9 Å². The molecule has 4 rings (SSSR count). The lowest BCUT2D eigenvalue weighted by Crippen LogP contribution is -2.10. The van der Waals surface area contributed by atoms with Crippen molar-refractivity contribution in [3.63, 3.8) is 0 Å². The number of amides is 2. The van der Waals surface area contributed by atoms with Gasteiger partial charge in [-0.1, -0.05) is 35.9 Å². The maximum Gasteiger partial charge on any atom is 0.269 e. The molecule has 0 radical (unpaired) electrons. The highest BCUT2D eigenvalue weighted by atomic mass is 35.5. The first-order chi connectivity index (χ1) is 13.9. The summed E-state index contributed by atoms with van der Waals surface area (Å²) in [6, 6.07) is 13.3. The van der Waals surface area contributed by atoms with Crippen LogP contribution in [0.5, 0.6) is 0 Å². The van der Waals surface area contributed by atoms with Gasteiger partial charge in [-0.2, -0.15) is 0 Å². The van der Waals surface area contributed by atoms with Crippen molar-refractivity contribution in [2.45, 2.75) is 13.8 Å². The predicted octanol–water partition coefficient (Wildman–Crippen LogP) is 6.20. The molecule has 2 aromatic heterocycles. The van der Waals surface area contributed by atoms with Crippen LogP contribution in [0.25, 0.3) is 21.3 Å². The second kappa shape index (κ2) is 7.94. The summed E-state index contributed by atoms with van der Waals surface area (Å²) in [5.74, 6) is -0.385. The Morgan fingerprint density at radius 3 is 2.52 bits per heavy atom. The molecule has 0 saturated carbocycles. The zero-order valence-electron chi connectivity index (χ0n) is 15.6. The smallest absolute Gasteiger partial charge is 0.269 e. The number of anilines is 2. The van der Waals surface area contributed by atoms with Crippen LogP contribution in [0.1, 0.15) is 22.2 Å². The van der Waals surface area contributed by atoms with Crippen LogP contribution in [0, 0.1) is 6.92 Å². The molecular weight excluding hydrogens is 426 g/mol. The Morgan fingerprint density at radius 1 is 1.07 bits per heavy atom. The van der Waals surface area contributed by atoms with E-state index in [9.17, 15) is 9.59 Å². The molecule has 2 N–H and O–H groups in total. The summed E-state index contributed by atoms with van der Waals surface area (Å²) in [4.78, 5) is 28.8. The van der Waals surface area contributed by atoms with Gasteiger partial charge >= 0.3 is 0 Å². The van der Waals surface area contributed by atoms with Crippen molar-refractivity contribution in [2.75, 3.05) is 10.6 Å². The van der Waals surface area contributed by atoms with Crippen molar-refractivity contribution in [2.24, 2.45) is 0 Å². The molecule has 8 heteroatoms. The highest BCUT2D eigenvalue weighted by molar-refractivity contribution is 7.22. The molecule has 29 heavy (non-hydrogen) atoms. The van der Waals surface area contributed by atoms with E-state index in [1.807, 2.05) is 54.8 Å². The maximum atomic E-state index is 12.8. The quantitative estimate of drug-likeness (QED) is 0.396. The highest BCUT2D eigenvalue weighted by Crippen LogP contribution is 2.38. The van der Waals surface area contributed by atoms with Gasteiger partial charge in [0.15, 0.2) is 5.13 Å². The lowest BCUT2D eigenvalue weighted by Gasteiger charge is -2.03. The maximum absolute atomic E-state index is 12.8. The first-order valence-corrected chi connectivity index (χ1v) is 10.8. The minimum atomic E-state index is -0.266. The predicted molar refractivity (Wildman–Crippen MR) is 121 cm³/mol. The van der Waals surface area contributed by atoms with E-state index in [0.717, 1.165) is 32.6 Å². The summed E-state index contributed by atoms with van der Waals surface area (Å²) in [5, 5.41) is 9.35. The second-order valence-corrected chi connectivity index (χ2v) is 8.73. The van der Waals surface area contributed by atoms with Crippen molar-refractivity contribution in [1.82, 2.24) is 4.98 Å². The average molecular weight is 442 g/mol. The summed E-state index contributed by atoms with van der Waals surface area (Å²) in [5.41, 5.74) is 3.41. The first kappa shape index (κ1) is 19.6. The third-order valence-electron chi connectivity index (χ3n) is 4.30. The fraction of sp³-hybridized carbons (Fsp3) is 0.0952. The zero-order chi connectivity index (χ0) is 20.5. The molecule has 2 heterocycles. The Labute approximate surface area is 180 Å². The van der Waals surface area contributed by atoms with Crippen LogP contribution < -0.4 is 10.6 Å². The van der Waals surface area contributed by atoms with E-state index >= 15 is 0 Å². The van der Waals surface area contributed by atoms with Gasteiger partial charge in [-0.05, 0) is 30.7 Å². The van der Waals surface area contributed by atoms with Gasteiger partial charge in [0.2, 0.25) is 5.91 Å². The van der Waals surface area contributed by atoms with E-state index in [1.165, 1.54) is 29.6 Å². The third-order valence-corrected chi connectivity index (χ3v) is 6.70. The van der Waals surface area contributed by atoms with Gasteiger partial charge in [0, 0.05) is 33.6 Å². The molecule has 0 aliphatic carbocycles. The fourth-order valence-electron chi connectivity index (χ4n) is 2.97. The average Bonchev–Trinajstić information content (AvgIpc) is 3.27. The number of thiophene rings is 1. The number of carbonyl (C=O) groups is 2. The molecule has 0 fully saturated rings. The largest absolute Gasteiger partial charge is 0.326 e. The Kier molecular flexibility index (Phi) is 5.36. The minimum Gasteiger partial charge on any atom is -0.326 e. The zero-order valence-corrected chi connectivity index (χ0v) is 18.0. The Bertz CT molecular complexity index is 1230. The first-order valence-electron chi connectivity index (χ1n) is 8.75. The lowest BCUT2D eigenvalue weighted by molar-refractivity contribution is -0.114. The van der Waals surface area contributed by atoms with E-state index in [4.69, 9.17) is 11.6 Å². The van der Waals surface area contributed by atoms with Gasteiger partial charge < -0.3 is 5.32 Å². The van der Waals surface area contributed by atoms with Crippen molar-refractivity contribution in [3.05, 3.63) is 63.3 Å². The van der Waals surface area contributed by atoms with Crippen molar-refractivity contribution in [3.8, 4) is 11.3 Å². The molecular formula is C21H16ClN3O2S2. The molecule has 2 amide bonds. The van der Waals surface area contributed by atoms with E-state index in [-0.39, 0.29) is 11.8 Å². The molecule has 0 aliphatic heterocycles. The Hall–Kier alpha value is -2.74. The number of rotatable bonds is 4. The van der Waals surface area contributed by atoms with Gasteiger partial charge in [0.1, 0.15) is 4.88 Å². The van der Waals surface area contributed by atoms with Crippen molar-refractivity contribution < 1.29 is 9.59 Å². The molecule has 0 saturated heterocycles. The molecule has 5 nitrogen and oxygen atoms in total. The van der Waals surface area contributed by atoms with Crippen LogP contribution in [-0.4, -0.2) is 16.8 Å². The van der Waals surface area contributed by atoms with Crippen molar-refractivity contribution in [1.29, 1.82) is 0 Å². The van der Waals surface area contributed by atoms with Gasteiger partial charge in [0.25, 0.3) is 5.91 Å². The van der Waals surface area contributed by atoms with E-state index in [1.54, 1.807) is 0 Å². The standard InChI is InChI=1S/C21H16ClN3O2S2/c1-11-4-3-5-16-17(11)18(22)19(29-16)20(27)25-21-24-15(10-28-21)13-6-8-14(9-7-13)23-12(2)26/h3-10H,1-2H3,(H,23,26)(H,24,25,27). The van der Waals surface area contributed by atoms with Gasteiger partial charge in [0.05, 0.1) is 10.7 Å². The van der Waals surface area contributed by atoms with Crippen LogP contribution in [0.2, 0.25) is 5.02 Å². The number of aryl methyl sites for hydroxylation is 1. The number of nitrogens with zero attached hydrogens (tertiary/aromatic N) is 1. The van der Waals surface area contributed by atoms with Crippen LogP contribution in [-0.2, 0) is 4.79 Å². The Balaban J connectivity index is 1.53. The summed E-state index contributed by atoms with van der Waals surface area (Å²) in [6.07, 6.45) is 0. The van der Waals surface area contributed by atoms with E-state index in [2.05, 4.69) is 15.6 Å². The van der Waals surface area contributed by atoms with E-state index < -0.39 is 0 Å². The summed E-state index contributed by atoms with van der Waals surface area (Å²) in [6.45, 7) is 3.44. The number of aromatic nitrogens is 1. The van der Waals surface area contributed by atoms with E-state index in [0.29, 0.717) is 15.0 Å². The number of hydrogen-bond donors (Lipinski definition) is 2. The number of nitrogens with one attached hydrogen (secondary N) is 2. The number of halogens is 1. The molecule has 146 valence electrons. The monoisotopic (exact) mass is 441 g/mol. The number of thiazole rings is 1. The third kappa shape index (κ3) is 4.03. The molecule has 2 aromatic carbocycles. The van der Waals surface area contributed by atoms with Crippen molar-refractivity contribution >= 4 is 67.0 Å². The number of benzene rings is 2. The molecule has 0 aliphatic rings. The van der Waals surface area contributed by atoms with Gasteiger partial charge in [-0.25, -0.2) is 4.98 Å².